The molecule has 2 atom stereocenters. The second-order valence-corrected chi connectivity index (χ2v) is 4.64. The van der Waals surface area contributed by atoms with Crippen molar-refractivity contribution < 1.29 is 24.6 Å². The number of benzene rings is 1. The molecule has 20 heavy (non-hydrogen) atoms. The molecule has 0 aromatic heterocycles. The van der Waals surface area contributed by atoms with E-state index in [0.29, 0.717) is 5.69 Å². The summed E-state index contributed by atoms with van der Waals surface area (Å²) in [5.74, 6) is -3.59. The van der Waals surface area contributed by atoms with E-state index >= 15 is 0 Å². The minimum absolute atomic E-state index is 0.0777. The molecule has 0 spiro atoms. The predicted molar refractivity (Wildman–Crippen MR) is 69.2 cm³/mol. The highest BCUT2D eigenvalue weighted by molar-refractivity contribution is 6.02. The molecule has 7 nitrogen and oxygen atoms in total. The van der Waals surface area contributed by atoms with Crippen molar-refractivity contribution in [3.63, 3.8) is 0 Å². The largest absolute Gasteiger partial charge is 0.480 e. The first kappa shape index (κ1) is 14.0. The monoisotopic (exact) mass is 278 g/mol. The van der Waals surface area contributed by atoms with Crippen LogP contribution in [0.15, 0.2) is 30.3 Å². The Labute approximate surface area is 114 Å². The van der Waals surface area contributed by atoms with Crippen LogP contribution in [0.5, 0.6) is 0 Å². The maximum Gasteiger partial charge on any atom is 0.324 e. The van der Waals surface area contributed by atoms with Gasteiger partial charge >= 0.3 is 11.9 Å². The van der Waals surface area contributed by atoms with Crippen LogP contribution in [-0.4, -0.2) is 40.1 Å². The number of amides is 1. The van der Waals surface area contributed by atoms with Crippen molar-refractivity contribution in [2.24, 2.45) is 5.92 Å². The number of hydrogen-bond donors (Lipinski definition) is 4. The molecule has 0 heterocycles. The summed E-state index contributed by atoms with van der Waals surface area (Å²) in [5, 5.41) is 22.8. The lowest BCUT2D eigenvalue weighted by atomic mass is 10.2. The molecule has 1 aliphatic carbocycles. The van der Waals surface area contributed by atoms with Gasteiger partial charge in [0, 0.05) is 5.69 Å². The summed E-state index contributed by atoms with van der Waals surface area (Å²) in [6, 6.07) is 8.66. The van der Waals surface area contributed by atoms with Gasteiger partial charge < -0.3 is 15.5 Å². The minimum atomic E-state index is -1.47. The standard InChI is InChI=1S/C13H14N2O5/c16-10(17)7-14-13(12(19)20)6-9(13)11(18)15-8-4-2-1-3-5-8/h1-5,9,14H,6-7H2,(H,15,18)(H,16,17)(H,19,20). The summed E-state index contributed by atoms with van der Waals surface area (Å²) in [7, 11) is 0. The topological polar surface area (TPSA) is 116 Å². The van der Waals surface area contributed by atoms with Crippen LogP contribution in [0.25, 0.3) is 0 Å². The van der Waals surface area contributed by atoms with E-state index < -0.39 is 35.8 Å². The molecule has 0 bridgehead atoms. The zero-order chi connectivity index (χ0) is 14.8. The van der Waals surface area contributed by atoms with E-state index in [9.17, 15) is 14.4 Å². The summed E-state index contributed by atoms with van der Waals surface area (Å²) < 4.78 is 0. The van der Waals surface area contributed by atoms with Crippen LogP contribution in [-0.2, 0) is 14.4 Å². The average Bonchev–Trinajstić information content (AvgIpc) is 3.14. The zero-order valence-corrected chi connectivity index (χ0v) is 10.5. The van der Waals surface area contributed by atoms with Gasteiger partial charge in [0.1, 0.15) is 5.54 Å². The van der Waals surface area contributed by atoms with Gasteiger partial charge in [-0.15, -0.1) is 0 Å². The summed E-state index contributed by atoms with van der Waals surface area (Å²) in [5.41, 5.74) is -0.904. The van der Waals surface area contributed by atoms with Gasteiger partial charge in [0.2, 0.25) is 5.91 Å². The Balaban J connectivity index is 2.01. The van der Waals surface area contributed by atoms with Crippen molar-refractivity contribution in [2.75, 3.05) is 11.9 Å². The van der Waals surface area contributed by atoms with Gasteiger partial charge in [-0.2, -0.15) is 0 Å². The first-order valence-corrected chi connectivity index (χ1v) is 6.02. The molecule has 7 heteroatoms. The lowest BCUT2D eigenvalue weighted by Crippen LogP contribution is -2.45. The Morgan fingerprint density at radius 2 is 1.85 bits per heavy atom. The fourth-order valence-electron chi connectivity index (χ4n) is 2.07. The minimum Gasteiger partial charge on any atom is -0.480 e. The molecule has 4 N–H and O–H groups in total. The van der Waals surface area contributed by atoms with Gasteiger partial charge in [0.05, 0.1) is 12.5 Å². The quantitative estimate of drug-likeness (QED) is 0.588. The SMILES string of the molecule is O=C(O)CNC1(C(=O)O)CC1C(=O)Nc1ccccc1. The maximum atomic E-state index is 12.0. The molecular formula is C13H14N2O5. The third-order valence-corrected chi connectivity index (χ3v) is 3.26. The van der Waals surface area contributed by atoms with Crippen molar-refractivity contribution in [3.8, 4) is 0 Å². The first-order valence-electron chi connectivity index (χ1n) is 6.02. The molecule has 2 rings (SSSR count). The van der Waals surface area contributed by atoms with Gasteiger partial charge in [0.25, 0.3) is 0 Å². The number of carbonyl (C=O) groups is 3. The Hall–Kier alpha value is -2.41. The van der Waals surface area contributed by atoms with Crippen LogP contribution in [0.3, 0.4) is 0 Å². The third-order valence-electron chi connectivity index (χ3n) is 3.26. The van der Waals surface area contributed by atoms with Crippen molar-refractivity contribution in [1.82, 2.24) is 5.32 Å². The molecule has 1 aliphatic rings. The van der Waals surface area contributed by atoms with E-state index in [-0.39, 0.29) is 6.42 Å². The molecule has 0 aliphatic heterocycles. The van der Waals surface area contributed by atoms with Crippen LogP contribution < -0.4 is 10.6 Å². The smallest absolute Gasteiger partial charge is 0.324 e. The highest BCUT2D eigenvalue weighted by atomic mass is 16.4. The normalized spacial score (nSPS) is 23.9. The van der Waals surface area contributed by atoms with Crippen molar-refractivity contribution >= 4 is 23.5 Å². The maximum absolute atomic E-state index is 12.0. The number of para-hydroxylation sites is 1. The number of carboxylic acids is 2. The Morgan fingerprint density at radius 3 is 2.40 bits per heavy atom. The number of hydrogen-bond acceptors (Lipinski definition) is 4. The molecule has 106 valence electrons. The van der Waals surface area contributed by atoms with Crippen molar-refractivity contribution in [1.29, 1.82) is 0 Å². The van der Waals surface area contributed by atoms with Gasteiger partial charge in [-0.1, -0.05) is 18.2 Å². The lowest BCUT2D eigenvalue weighted by Gasteiger charge is -2.13. The van der Waals surface area contributed by atoms with Gasteiger partial charge in [-0.3, -0.25) is 19.7 Å². The summed E-state index contributed by atoms with van der Waals surface area (Å²) in [6.07, 6.45) is 0.0777. The molecule has 0 radical (unpaired) electrons. The highest BCUT2D eigenvalue weighted by Crippen LogP contribution is 2.44. The summed E-state index contributed by atoms with van der Waals surface area (Å²) in [4.78, 5) is 33.7. The number of carboxylic acid groups (broad SMARTS) is 2. The molecule has 1 amide bonds. The first-order chi connectivity index (χ1) is 9.45. The number of rotatable bonds is 6. The van der Waals surface area contributed by atoms with Gasteiger partial charge in [-0.05, 0) is 18.6 Å². The van der Waals surface area contributed by atoms with E-state index in [2.05, 4.69) is 10.6 Å². The second kappa shape index (κ2) is 5.30. The van der Waals surface area contributed by atoms with E-state index in [1.54, 1.807) is 30.3 Å². The fourth-order valence-corrected chi connectivity index (χ4v) is 2.07. The van der Waals surface area contributed by atoms with Crippen LogP contribution >= 0.6 is 0 Å². The van der Waals surface area contributed by atoms with Gasteiger partial charge in [0.15, 0.2) is 0 Å². The molecule has 1 aromatic rings. The van der Waals surface area contributed by atoms with Crippen LogP contribution in [0, 0.1) is 5.92 Å². The fraction of sp³-hybridized carbons (Fsp3) is 0.308. The highest BCUT2D eigenvalue weighted by Gasteiger charge is 2.64. The van der Waals surface area contributed by atoms with Gasteiger partial charge in [-0.25, -0.2) is 0 Å². The third kappa shape index (κ3) is 2.77. The number of anilines is 1. The number of carbonyl (C=O) groups excluding carboxylic acids is 1. The van der Waals surface area contributed by atoms with Crippen molar-refractivity contribution in [3.05, 3.63) is 30.3 Å². The number of aliphatic carboxylic acids is 2. The molecule has 2 unspecified atom stereocenters. The summed E-state index contributed by atoms with van der Waals surface area (Å²) >= 11 is 0. The molecule has 1 aromatic carbocycles. The second-order valence-electron chi connectivity index (χ2n) is 4.64. The Morgan fingerprint density at radius 1 is 1.20 bits per heavy atom. The van der Waals surface area contributed by atoms with E-state index in [0.717, 1.165) is 0 Å². The molecule has 0 saturated heterocycles. The predicted octanol–water partition coefficient (Wildman–Crippen LogP) is 0.143. The average molecular weight is 278 g/mol. The zero-order valence-electron chi connectivity index (χ0n) is 10.5. The van der Waals surface area contributed by atoms with E-state index in [4.69, 9.17) is 10.2 Å². The molecular weight excluding hydrogens is 264 g/mol. The number of nitrogens with one attached hydrogen (secondary N) is 2. The van der Waals surface area contributed by atoms with E-state index in [1.165, 1.54) is 0 Å². The lowest BCUT2D eigenvalue weighted by molar-refractivity contribution is -0.143. The summed E-state index contributed by atoms with van der Waals surface area (Å²) in [6.45, 7) is -0.499. The molecule has 1 saturated carbocycles. The molecule has 1 fully saturated rings. The van der Waals surface area contributed by atoms with Crippen LogP contribution in [0.4, 0.5) is 5.69 Å². The van der Waals surface area contributed by atoms with Crippen LogP contribution in [0.2, 0.25) is 0 Å². The van der Waals surface area contributed by atoms with E-state index in [1.807, 2.05) is 0 Å². The van der Waals surface area contributed by atoms with Crippen LogP contribution in [0.1, 0.15) is 6.42 Å². The van der Waals surface area contributed by atoms with Crippen molar-refractivity contribution in [2.45, 2.75) is 12.0 Å². The Bertz CT molecular complexity index is 545. The Kier molecular flexibility index (Phi) is 3.71.